The Morgan fingerprint density at radius 3 is 2.60 bits per heavy atom. The number of hydrogen-bond donors (Lipinski definition) is 1. The van der Waals surface area contributed by atoms with Crippen LogP contribution in [0.15, 0.2) is 0 Å². The SMILES string of the molecule is CCOC(=O)CNC(=O)CCCCCBr. The molecule has 1 amide bonds. The van der Waals surface area contributed by atoms with Crippen LogP contribution >= 0.6 is 15.9 Å². The van der Waals surface area contributed by atoms with Crippen molar-refractivity contribution in [2.45, 2.75) is 32.6 Å². The van der Waals surface area contributed by atoms with Gasteiger partial charge in [-0.05, 0) is 19.8 Å². The normalized spacial score (nSPS) is 9.73. The van der Waals surface area contributed by atoms with E-state index in [2.05, 4.69) is 26.0 Å². The van der Waals surface area contributed by atoms with Gasteiger partial charge in [0, 0.05) is 11.8 Å². The highest BCUT2D eigenvalue weighted by atomic mass is 79.9. The first-order chi connectivity index (χ1) is 7.20. The summed E-state index contributed by atoms with van der Waals surface area (Å²) in [6.07, 6.45) is 3.44. The lowest BCUT2D eigenvalue weighted by Gasteiger charge is -2.04. The van der Waals surface area contributed by atoms with Gasteiger partial charge in [-0.15, -0.1) is 0 Å². The molecular formula is C10H18BrNO3. The fourth-order valence-electron chi connectivity index (χ4n) is 1.03. The van der Waals surface area contributed by atoms with Crippen LogP contribution in [0.25, 0.3) is 0 Å². The molecule has 15 heavy (non-hydrogen) atoms. The van der Waals surface area contributed by atoms with Crippen LogP contribution < -0.4 is 5.32 Å². The smallest absolute Gasteiger partial charge is 0.325 e. The van der Waals surface area contributed by atoms with E-state index in [9.17, 15) is 9.59 Å². The third-order valence-electron chi connectivity index (χ3n) is 1.77. The van der Waals surface area contributed by atoms with Crippen molar-refractivity contribution in [1.82, 2.24) is 5.32 Å². The summed E-state index contributed by atoms with van der Waals surface area (Å²) in [4.78, 5) is 22.1. The molecule has 0 aliphatic carbocycles. The maximum absolute atomic E-state index is 11.2. The van der Waals surface area contributed by atoms with E-state index in [-0.39, 0.29) is 18.4 Å². The van der Waals surface area contributed by atoms with Gasteiger partial charge in [-0.1, -0.05) is 22.4 Å². The molecule has 0 fully saturated rings. The second-order valence-electron chi connectivity index (χ2n) is 3.08. The molecule has 0 spiro atoms. The lowest BCUT2D eigenvalue weighted by Crippen LogP contribution is -2.30. The fraction of sp³-hybridized carbons (Fsp3) is 0.800. The highest BCUT2D eigenvalue weighted by molar-refractivity contribution is 9.09. The van der Waals surface area contributed by atoms with Gasteiger partial charge in [-0.2, -0.15) is 0 Å². The predicted molar refractivity (Wildman–Crippen MR) is 61.9 cm³/mol. The van der Waals surface area contributed by atoms with Gasteiger partial charge in [0.05, 0.1) is 6.61 Å². The van der Waals surface area contributed by atoms with Crippen molar-refractivity contribution >= 4 is 27.8 Å². The van der Waals surface area contributed by atoms with E-state index in [0.29, 0.717) is 13.0 Å². The van der Waals surface area contributed by atoms with Crippen molar-refractivity contribution in [3.8, 4) is 0 Å². The molecule has 0 aromatic carbocycles. The van der Waals surface area contributed by atoms with Gasteiger partial charge >= 0.3 is 5.97 Å². The molecule has 0 radical (unpaired) electrons. The summed E-state index contributed by atoms with van der Waals surface area (Å²) in [7, 11) is 0. The van der Waals surface area contributed by atoms with E-state index >= 15 is 0 Å². The van der Waals surface area contributed by atoms with Crippen LogP contribution in [0.4, 0.5) is 0 Å². The number of nitrogens with one attached hydrogen (secondary N) is 1. The average molecular weight is 280 g/mol. The summed E-state index contributed by atoms with van der Waals surface area (Å²) < 4.78 is 4.68. The third kappa shape index (κ3) is 9.72. The van der Waals surface area contributed by atoms with Crippen LogP contribution in [-0.2, 0) is 14.3 Å². The maximum Gasteiger partial charge on any atom is 0.325 e. The van der Waals surface area contributed by atoms with Gasteiger partial charge < -0.3 is 10.1 Å². The Labute approximate surface area is 98.9 Å². The maximum atomic E-state index is 11.2. The van der Waals surface area contributed by atoms with Crippen molar-refractivity contribution < 1.29 is 14.3 Å². The third-order valence-corrected chi connectivity index (χ3v) is 2.33. The molecule has 5 heteroatoms. The first kappa shape index (κ1) is 14.4. The molecule has 0 atom stereocenters. The second kappa shape index (κ2) is 9.96. The number of unbranched alkanes of at least 4 members (excludes halogenated alkanes) is 2. The van der Waals surface area contributed by atoms with Crippen molar-refractivity contribution in [3.63, 3.8) is 0 Å². The van der Waals surface area contributed by atoms with E-state index in [1.165, 1.54) is 0 Å². The van der Waals surface area contributed by atoms with E-state index in [0.717, 1.165) is 24.6 Å². The molecule has 1 N–H and O–H groups in total. The van der Waals surface area contributed by atoms with Gasteiger partial charge in [0.2, 0.25) is 5.91 Å². The number of amides is 1. The zero-order valence-electron chi connectivity index (χ0n) is 9.05. The van der Waals surface area contributed by atoms with Crippen LogP contribution in [0.1, 0.15) is 32.6 Å². The largest absolute Gasteiger partial charge is 0.465 e. The topological polar surface area (TPSA) is 55.4 Å². The van der Waals surface area contributed by atoms with Gasteiger partial charge in [0.25, 0.3) is 0 Å². The van der Waals surface area contributed by atoms with E-state index in [4.69, 9.17) is 0 Å². The molecule has 0 rings (SSSR count). The van der Waals surface area contributed by atoms with Crippen LogP contribution in [0.2, 0.25) is 0 Å². The van der Waals surface area contributed by atoms with Gasteiger partial charge in [-0.3, -0.25) is 9.59 Å². The average Bonchev–Trinajstić information content (AvgIpc) is 2.22. The van der Waals surface area contributed by atoms with Crippen LogP contribution in [0.3, 0.4) is 0 Å². The minimum atomic E-state index is -0.383. The van der Waals surface area contributed by atoms with Gasteiger partial charge in [0.1, 0.15) is 6.54 Å². The number of halogens is 1. The first-order valence-corrected chi connectivity index (χ1v) is 6.31. The number of rotatable bonds is 8. The monoisotopic (exact) mass is 279 g/mol. The zero-order chi connectivity index (χ0) is 11.5. The Hall–Kier alpha value is -0.580. The van der Waals surface area contributed by atoms with Gasteiger partial charge in [-0.25, -0.2) is 0 Å². The molecule has 0 bridgehead atoms. The van der Waals surface area contributed by atoms with E-state index in [1.807, 2.05) is 0 Å². The first-order valence-electron chi connectivity index (χ1n) is 5.19. The summed E-state index contributed by atoms with van der Waals surface area (Å²) in [5.74, 6) is -0.469. The zero-order valence-corrected chi connectivity index (χ0v) is 10.6. The number of esters is 1. The molecule has 0 saturated heterocycles. The second-order valence-corrected chi connectivity index (χ2v) is 3.87. The number of ether oxygens (including phenoxy) is 1. The summed E-state index contributed by atoms with van der Waals surface area (Å²) in [5.41, 5.74) is 0. The molecule has 0 heterocycles. The standard InChI is InChI=1S/C10H18BrNO3/c1-2-15-10(14)8-12-9(13)6-4-3-5-7-11/h2-8H2,1H3,(H,12,13). The Bertz CT molecular complexity index is 197. The Balaban J connectivity index is 3.36. The van der Waals surface area contributed by atoms with Crippen molar-refractivity contribution in [1.29, 1.82) is 0 Å². The van der Waals surface area contributed by atoms with Gasteiger partial charge in [0.15, 0.2) is 0 Å². The molecule has 0 aromatic heterocycles. The Morgan fingerprint density at radius 1 is 1.27 bits per heavy atom. The summed E-state index contributed by atoms with van der Waals surface area (Å²) in [6.45, 7) is 2.06. The molecular weight excluding hydrogens is 262 g/mol. The predicted octanol–water partition coefficient (Wildman–Crippen LogP) is 1.62. The summed E-state index contributed by atoms with van der Waals surface area (Å²) in [5, 5.41) is 3.49. The number of alkyl halides is 1. The summed E-state index contributed by atoms with van der Waals surface area (Å²) >= 11 is 3.32. The number of carbonyl (C=O) groups is 2. The summed E-state index contributed by atoms with van der Waals surface area (Å²) in [6, 6.07) is 0. The fourth-order valence-corrected chi connectivity index (χ4v) is 1.42. The lowest BCUT2D eigenvalue weighted by atomic mass is 10.2. The highest BCUT2D eigenvalue weighted by Gasteiger charge is 2.05. The van der Waals surface area contributed by atoms with E-state index < -0.39 is 0 Å². The van der Waals surface area contributed by atoms with Crippen molar-refractivity contribution in [2.75, 3.05) is 18.5 Å². The van der Waals surface area contributed by atoms with Crippen molar-refractivity contribution in [3.05, 3.63) is 0 Å². The van der Waals surface area contributed by atoms with Crippen LogP contribution in [0.5, 0.6) is 0 Å². The molecule has 0 aliphatic rings. The molecule has 0 unspecified atom stereocenters. The molecule has 0 aliphatic heterocycles. The minimum Gasteiger partial charge on any atom is -0.465 e. The minimum absolute atomic E-state index is 0.0227. The molecule has 0 aromatic rings. The van der Waals surface area contributed by atoms with E-state index in [1.54, 1.807) is 6.92 Å². The lowest BCUT2D eigenvalue weighted by molar-refractivity contribution is -0.143. The number of carbonyl (C=O) groups excluding carboxylic acids is 2. The van der Waals surface area contributed by atoms with Crippen LogP contribution in [0, 0.1) is 0 Å². The molecule has 4 nitrogen and oxygen atoms in total. The quantitative estimate of drug-likeness (QED) is 0.417. The molecule has 88 valence electrons. The highest BCUT2D eigenvalue weighted by Crippen LogP contribution is 2.01. The number of hydrogen-bond acceptors (Lipinski definition) is 3. The Kier molecular flexibility index (Phi) is 9.57. The van der Waals surface area contributed by atoms with Crippen LogP contribution in [-0.4, -0.2) is 30.4 Å². The van der Waals surface area contributed by atoms with Crippen molar-refractivity contribution in [2.24, 2.45) is 0 Å². The molecule has 0 saturated carbocycles. The Morgan fingerprint density at radius 2 is 2.00 bits per heavy atom.